The van der Waals surface area contributed by atoms with Crippen molar-refractivity contribution in [3.8, 4) is 17.3 Å². The van der Waals surface area contributed by atoms with Crippen LogP contribution in [0.25, 0.3) is 71.6 Å². The van der Waals surface area contributed by atoms with Gasteiger partial charge in [-0.25, -0.2) is 4.98 Å². The topological polar surface area (TPSA) is 43.6 Å². The zero-order chi connectivity index (χ0) is 32.0. The van der Waals surface area contributed by atoms with Gasteiger partial charge in [0.1, 0.15) is 0 Å². The maximum absolute atomic E-state index is 5.29. The second kappa shape index (κ2) is 10.3. The second-order valence-electron chi connectivity index (χ2n) is 13.5. The summed E-state index contributed by atoms with van der Waals surface area (Å²) in [5.41, 5.74) is 5.55. The van der Waals surface area contributed by atoms with E-state index in [1.54, 1.807) is 0 Å². The van der Waals surface area contributed by atoms with E-state index in [-0.39, 0.29) is 11.3 Å². The first-order valence-electron chi connectivity index (χ1n) is 16.7. The fraction of sp³-hybridized carbons (Fsp3) is 0.140. The van der Waals surface area contributed by atoms with Crippen LogP contribution in [-0.4, -0.2) is 19.5 Å². The number of para-hydroxylation sites is 1. The van der Waals surface area contributed by atoms with E-state index in [0.29, 0.717) is 23.5 Å². The summed E-state index contributed by atoms with van der Waals surface area (Å²) in [6.07, 6.45) is 21.5. The van der Waals surface area contributed by atoms with Crippen LogP contribution in [-0.2, 0) is 0 Å². The highest BCUT2D eigenvalue weighted by Gasteiger charge is 2.37. The lowest BCUT2D eigenvalue weighted by atomic mass is 9.70. The lowest BCUT2D eigenvalue weighted by Gasteiger charge is -2.35. The molecule has 10 rings (SSSR count). The Morgan fingerprint density at radius 3 is 2.31 bits per heavy atom. The number of allylic oxidation sites excluding steroid dienone is 9. The summed E-state index contributed by atoms with van der Waals surface area (Å²) in [5, 5.41) is 6.30. The minimum atomic E-state index is -0.0450. The Hall–Kier alpha value is -5.39. The lowest BCUT2D eigenvalue weighted by Crippen LogP contribution is -2.23. The Balaban J connectivity index is 1.36. The lowest BCUT2D eigenvalue weighted by molar-refractivity contribution is 0.487. The molecular formula is C43H32N4S. The van der Waals surface area contributed by atoms with Gasteiger partial charge in [0.05, 0.1) is 15.7 Å². The van der Waals surface area contributed by atoms with Crippen molar-refractivity contribution in [2.24, 2.45) is 11.3 Å². The highest BCUT2D eigenvalue weighted by atomic mass is 32.1. The first kappa shape index (κ1) is 27.7. The van der Waals surface area contributed by atoms with Crippen molar-refractivity contribution in [2.75, 3.05) is 0 Å². The number of fused-ring (bicyclic) bond motifs is 12. The van der Waals surface area contributed by atoms with E-state index in [0.717, 1.165) is 28.6 Å². The summed E-state index contributed by atoms with van der Waals surface area (Å²) in [5.74, 6) is 2.80. The van der Waals surface area contributed by atoms with E-state index >= 15 is 0 Å². The molecule has 3 aliphatic rings. The Morgan fingerprint density at radius 1 is 0.750 bits per heavy atom. The molecule has 0 amide bonds. The molecule has 7 aromatic rings. The van der Waals surface area contributed by atoms with Gasteiger partial charge in [0.15, 0.2) is 11.6 Å². The maximum Gasteiger partial charge on any atom is 0.238 e. The fourth-order valence-corrected chi connectivity index (χ4v) is 9.46. The van der Waals surface area contributed by atoms with Crippen LogP contribution < -0.4 is 0 Å². The summed E-state index contributed by atoms with van der Waals surface area (Å²) < 4.78 is 3.59. The monoisotopic (exact) mass is 636 g/mol. The molecule has 0 bridgehead atoms. The van der Waals surface area contributed by atoms with Crippen molar-refractivity contribution in [1.82, 2.24) is 19.5 Å². The SMILES string of the molecule is CC1C=CC(c2nc(-c3ccccc3)nc(-n3c4ccccc4c4c5ccccc5c5c6c(sc5c43)C3C=CC=CC3(C)C=C6)n2)=CC1. The number of nitrogens with zero attached hydrogens (tertiary/aromatic N) is 4. The normalized spacial score (nSPS) is 21.3. The van der Waals surface area contributed by atoms with Gasteiger partial charge in [0.25, 0.3) is 0 Å². The smallest absolute Gasteiger partial charge is 0.238 e. The summed E-state index contributed by atoms with van der Waals surface area (Å²) >= 11 is 1.93. The van der Waals surface area contributed by atoms with Crippen LogP contribution in [0.15, 0.2) is 127 Å². The molecule has 0 radical (unpaired) electrons. The second-order valence-corrected chi connectivity index (χ2v) is 14.6. The molecule has 0 fully saturated rings. The minimum absolute atomic E-state index is 0.0450. The van der Waals surface area contributed by atoms with Gasteiger partial charge < -0.3 is 0 Å². The van der Waals surface area contributed by atoms with Gasteiger partial charge in [-0.3, -0.25) is 4.57 Å². The van der Waals surface area contributed by atoms with Gasteiger partial charge in [0.2, 0.25) is 5.95 Å². The van der Waals surface area contributed by atoms with Gasteiger partial charge >= 0.3 is 0 Å². The van der Waals surface area contributed by atoms with Crippen LogP contribution in [0.4, 0.5) is 0 Å². The number of rotatable bonds is 3. The van der Waals surface area contributed by atoms with Crippen LogP contribution in [0.3, 0.4) is 0 Å². The molecule has 0 saturated carbocycles. The molecule has 48 heavy (non-hydrogen) atoms. The maximum atomic E-state index is 5.29. The third-order valence-electron chi connectivity index (χ3n) is 10.4. The van der Waals surface area contributed by atoms with Crippen LogP contribution in [0.2, 0.25) is 0 Å². The van der Waals surface area contributed by atoms with Crippen LogP contribution in [0.1, 0.15) is 42.5 Å². The Kier molecular flexibility index (Phi) is 5.95. The van der Waals surface area contributed by atoms with E-state index in [2.05, 4.69) is 134 Å². The van der Waals surface area contributed by atoms with Gasteiger partial charge in [-0.05, 0) is 34.7 Å². The fourth-order valence-electron chi connectivity index (χ4n) is 7.89. The third-order valence-corrected chi connectivity index (χ3v) is 11.7. The van der Waals surface area contributed by atoms with Crippen molar-refractivity contribution < 1.29 is 0 Å². The van der Waals surface area contributed by atoms with E-state index < -0.39 is 0 Å². The van der Waals surface area contributed by atoms with E-state index in [1.807, 2.05) is 29.5 Å². The number of hydrogen-bond donors (Lipinski definition) is 0. The average Bonchev–Trinajstić information content (AvgIpc) is 3.69. The molecule has 3 heterocycles. The first-order valence-corrected chi connectivity index (χ1v) is 17.6. The molecule has 0 spiro atoms. The Morgan fingerprint density at radius 2 is 1.50 bits per heavy atom. The average molecular weight is 637 g/mol. The van der Waals surface area contributed by atoms with E-state index in [1.165, 1.54) is 42.1 Å². The third kappa shape index (κ3) is 3.97. The molecule has 3 atom stereocenters. The van der Waals surface area contributed by atoms with Crippen LogP contribution >= 0.6 is 11.3 Å². The van der Waals surface area contributed by atoms with Crippen LogP contribution in [0.5, 0.6) is 0 Å². The first-order chi connectivity index (χ1) is 23.6. The van der Waals surface area contributed by atoms with Crippen molar-refractivity contribution in [1.29, 1.82) is 0 Å². The van der Waals surface area contributed by atoms with Gasteiger partial charge in [-0.15, -0.1) is 11.3 Å². The zero-order valence-electron chi connectivity index (χ0n) is 26.8. The molecule has 0 saturated heterocycles. The molecule has 5 heteroatoms. The highest BCUT2D eigenvalue weighted by Crippen LogP contribution is 2.55. The molecule has 4 aromatic carbocycles. The largest absolute Gasteiger partial charge is 0.276 e. The predicted octanol–water partition coefficient (Wildman–Crippen LogP) is 11.2. The molecule has 0 N–H and O–H groups in total. The molecule has 4 nitrogen and oxygen atoms in total. The number of benzene rings is 4. The standard InChI is InChI=1S/C43H32N4S/c1-26-19-21-28(22-20-26)41-44-40(27-12-4-3-5-13-27)45-42(46-41)47-34-18-9-8-16-31(34)35-29-14-6-7-15-30(29)36-32-23-25-43(2)24-11-10-17-33(43)38(32)48-39(36)37(35)47/h3-19,21-26,33H,20H2,1-2H3. The minimum Gasteiger partial charge on any atom is -0.276 e. The molecule has 0 aliphatic heterocycles. The molecule has 3 unspecified atom stereocenters. The van der Waals surface area contributed by atoms with Gasteiger partial charge in [0, 0.05) is 43.5 Å². The summed E-state index contributed by atoms with van der Waals surface area (Å²) in [7, 11) is 0. The van der Waals surface area contributed by atoms with Gasteiger partial charge in [-0.2, -0.15) is 9.97 Å². The number of thiophene rings is 1. The van der Waals surface area contributed by atoms with Crippen molar-refractivity contribution in [3.05, 3.63) is 144 Å². The van der Waals surface area contributed by atoms with Crippen molar-refractivity contribution in [2.45, 2.75) is 26.2 Å². The van der Waals surface area contributed by atoms with Gasteiger partial charge in [-0.1, -0.05) is 141 Å². The van der Waals surface area contributed by atoms with Crippen molar-refractivity contribution in [3.63, 3.8) is 0 Å². The Labute approximate surface area is 282 Å². The van der Waals surface area contributed by atoms with Crippen LogP contribution in [0, 0.1) is 11.3 Å². The summed E-state index contributed by atoms with van der Waals surface area (Å²) in [4.78, 5) is 17.0. The molecule has 3 aliphatic carbocycles. The highest BCUT2D eigenvalue weighted by molar-refractivity contribution is 7.20. The summed E-state index contributed by atoms with van der Waals surface area (Å²) in [6, 6.07) is 27.9. The van der Waals surface area contributed by atoms with E-state index in [4.69, 9.17) is 15.0 Å². The van der Waals surface area contributed by atoms with E-state index in [9.17, 15) is 0 Å². The number of aromatic nitrogens is 4. The zero-order valence-corrected chi connectivity index (χ0v) is 27.6. The quantitative estimate of drug-likeness (QED) is 0.194. The molecular weight excluding hydrogens is 605 g/mol. The Bertz CT molecular complexity index is 2630. The molecule has 230 valence electrons. The summed E-state index contributed by atoms with van der Waals surface area (Å²) in [6.45, 7) is 4.59. The molecule has 3 aromatic heterocycles. The predicted molar refractivity (Wildman–Crippen MR) is 202 cm³/mol. The van der Waals surface area contributed by atoms with Crippen molar-refractivity contribution >= 4 is 65.7 Å². The number of hydrogen-bond acceptors (Lipinski definition) is 4.